The fourth-order valence-electron chi connectivity index (χ4n) is 2.95. The SMILES string of the molecule is NS(=O)(=O)c1ccc(N2CCC[C@H]2COc2ccc(Br)cc2)c(Cl)c1. The first kappa shape index (κ1) is 18.5. The van der Waals surface area contributed by atoms with Crippen molar-refractivity contribution in [1.29, 1.82) is 0 Å². The lowest BCUT2D eigenvalue weighted by atomic mass is 10.2. The van der Waals surface area contributed by atoms with E-state index in [9.17, 15) is 8.42 Å². The molecule has 1 aliphatic heterocycles. The lowest BCUT2D eigenvalue weighted by molar-refractivity contribution is 0.288. The van der Waals surface area contributed by atoms with E-state index >= 15 is 0 Å². The van der Waals surface area contributed by atoms with E-state index in [1.54, 1.807) is 6.07 Å². The third-order valence-corrected chi connectivity index (χ3v) is 5.93. The van der Waals surface area contributed by atoms with Crippen molar-refractivity contribution in [3.8, 4) is 5.75 Å². The van der Waals surface area contributed by atoms with E-state index in [-0.39, 0.29) is 10.9 Å². The first-order chi connectivity index (χ1) is 11.8. The van der Waals surface area contributed by atoms with Crippen molar-refractivity contribution >= 4 is 43.2 Å². The number of nitrogens with zero attached hydrogens (tertiary/aromatic N) is 1. The Labute approximate surface area is 160 Å². The van der Waals surface area contributed by atoms with Crippen molar-refractivity contribution in [3.05, 3.63) is 52.0 Å². The number of halogens is 2. The molecule has 0 radical (unpaired) electrons. The van der Waals surface area contributed by atoms with Gasteiger partial charge in [0.2, 0.25) is 10.0 Å². The molecule has 1 atom stereocenters. The predicted octanol–water partition coefficient (Wildman–Crippen LogP) is 3.80. The number of hydrogen-bond donors (Lipinski definition) is 1. The van der Waals surface area contributed by atoms with Gasteiger partial charge in [0.05, 0.1) is 21.6 Å². The second kappa shape index (κ2) is 7.53. The molecule has 134 valence electrons. The van der Waals surface area contributed by atoms with Crippen LogP contribution < -0.4 is 14.8 Å². The third kappa shape index (κ3) is 4.47. The molecule has 0 bridgehead atoms. The van der Waals surface area contributed by atoms with Crippen LogP contribution in [0.4, 0.5) is 5.69 Å². The number of benzene rings is 2. The minimum atomic E-state index is -3.76. The lowest BCUT2D eigenvalue weighted by Gasteiger charge is -2.28. The molecule has 0 amide bonds. The fourth-order valence-corrected chi connectivity index (χ4v) is 4.10. The molecule has 1 saturated heterocycles. The summed E-state index contributed by atoms with van der Waals surface area (Å²) in [5.41, 5.74) is 0.802. The normalized spacial score (nSPS) is 17.7. The molecule has 2 aromatic rings. The van der Waals surface area contributed by atoms with Gasteiger partial charge in [-0.2, -0.15) is 0 Å². The third-order valence-electron chi connectivity index (χ3n) is 4.19. The number of sulfonamides is 1. The van der Waals surface area contributed by atoms with Gasteiger partial charge >= 0.3 is 0 Å². The quantitative estimate of drug-likeness (QED) is 0.760. The molecule has 0 aromatic heterocycles. The fraction of sp³-hybridized carbons (Fsp3) is 0.294. The number of primary sulfonamides is 1. The average molecular weight is 446 g/mol. The van der Waals surface area contributed by atoms with Gasteiger partial charge < -0.3 is 9.64 Å². The van der Waals surface area contributed by atoms with Crippen LogP contribution in [-0.4, -0.2) is 27.6 Å². The van der Waals surface area contributed by atoms with Crippen LogP contribution in [0.15, 0.2) is 51.8 Å². The van der Waals surface area contributed by atoms with Gasteiger partial charge in [-0.25, -0.2) is 13.6 Å². The summed E-state index contributed by atoms with van der Waals surface area (Å²) in [6, 6.07) is 12.5. The van der Waals surface area contributed by atoms with Gasteiger partial charge in [0.1, 0.15) is 12.4 Å². The molecular formula is C17H18BrClN2O3S. The van der Waals surface area contributed by atoms with E-state index in [4.69, 9.17) is 21.5 Å². The maximum atomic E-state index is 11.4. The van der Waals surface area contributed by atoms with Crippen LogP contribution in [0.3, 0.4) is 0 Å². The highest BCUT2D eigenvalue weighted by molar-refractivity contribution is 9.10. The highest BCUT2D eigenvalue weighted by Gasteiger charge is 2.27. The van der Waals surface area contributed by atoms with Crippen molar-refractivity contribution in [2.75, 3.05) is 18.1 Å². The van der Waals surface area contributed by atoms with Gasteiger partial charge in [-0.05, 0) is 55.3 Å². The second-order valence-electron chi connectivity index (χ2n) is 5.91. The molecule has 2 N–H and O–H groups in total. The largest absolute Gasteiger partial charge is 0.491 e. The average Bonchev–Trinajstić information content (AvgIpc) is 3.01. The first-order valence-corrected chi connectivity index (χ1v) is 10.5. The Hall–Kier alpha value is -1.28. The van der Waals surface area contributed by atoms with Crippen molar-refractivity contribution < 1.29 is 13.2 Å². The minimum Gasteiger partial charge on any atom is -0.491 e. The van der Waals surface area contributed by atoms with Crippen molar-refractivity contribution in [2.45, 2.75) is 23.8 Å². The van der Waals surface area contributed by atoms with E-state index in [1.165, 1.54) is 12.1 Å². The molecular weight excluding hydrogens is 428 g/mol. The minimum absolute atomic E-state index is 0.0168. The van der Waals surface area contributed by atoms with Crippen LogP contribution in [0.25, 0.3) is 0 Å². The molecule has 5 nitrogen and oxygen atoms in total. The molecule has 8 heteroatoms. The van der Waals surface area contributed by atoms with Gasteiger partial charge in [0.25, 0.3) is 0 Å². The number of ether oxygens (including phenoxy) is 1. The predicted molar refractivity (Wildman–Crippen MR) is 103 cm³/mol. The summed E-state index contributed by atoms with van der Waals surface area (Å²) in [5.74, 6) is 0.811. The molecule has 1 heterocycles. The van der Waals surface area contributed by atoms with E-state index < -0.39 is 10.0 Å². The summed E-state index contributed by atoms with van der Waals surface area (Å²) in [4.78, 5) is 2.18. The summed E-state index contributed by atoms with van der Waals surface area (Å²) in [6.45, 7) is 1.39. The zero-order valence-electron chi connectivity index (χ0n) is 13.4. The van der Waals surface area contributed by atoms with Crippen molar-refractivity contribution in [1.82, 2.24) is 0 Å². The number of nitrogens with two attached hydrogens (primary N) is 1. The molecule has 0 aliphatic carbocycles. The highest BCUT2D eigenvalue weighted by atomic mass is 79.9. The Bertz CT molecular complexity index is 859. The summed E-state index contributed by atoms with van der Waals surface area (Å²) in [6.07, 6.45) is 2.02. The molecule has 3 rings (SSSR count). The van der Waals surface area contributed by atoms with Crippen molar-refractivity contribution in [2.24, 2.45) is 5.14 Å². The monoisotopic (exact) mass is 444 g/mol. The van der Waals surface area contributed by atoms with Crippen LogP contribution in [0.2, 0.25) is 5.02 Å². The standard InChI is InChI=1S/C17H18BrClN2O3S/c18-12-3-5-14(6-4-12)24-11-13-2-1-9-21(13)17-8-7-15(10-16(17)19)25(20,22)23/h3-8,10,13H,1-2,9,11H2,(H2,20,22,23)/t13-/m0/s1. The zero-order valence-corrected chi connectivity index (χ0v) is 16.5. The van der Waals surface area contributed by atoms with Gasteiger partial charge in [-0.3, -0.25) is 0 Å². The Morgan fingerprint density at radius 2 is 1.96 bits per heavy atom. The van der Waals surface area contributed by atoms with Gasteiger partial charge in [-0.1, -0.05) is 27.5 Å². The Morgan fingerprint density at radius 3 is 2.60 bits per heavy atom. The van der Waals surface area contributed by atoms with Crippen LogP contribution in [-0.2, 0) is 10.0 Å². The molecule has 0 saturated carbocycles. The molecule has 1 aliphatic rings. The molecule has 0 unspecified atom stereocenters. The topological polar surface area (TPSA) is 72.6 Å². The number of anilines is 1. The maximum absolute atomic E-state index is 11.4. The van der Waals surface area contributed by atoms with Crippen LogP contribution in [0.1, 0.15) is 12.8 Å². The summed E-state index contributed by atoms with van der Waals surface area (Å²) in [5, 5.41) is 5.53. The first-order valence-electron chi connectivity index (χ1n) is 7.82. The van der Waals surface area contributed by atoms with E-state index in [1.807, 2.05) is 24.3 Å². The van der Waals surface area contributed by atoms with E-state index in [0.717, 1.165) is 35.3 Å². The summed E-state index contributed by atoms with van der Waals surface area (Å²) in [7, 11) is -3.76. The van der Waals surface area contributed by atoms with E-state index in [2.05, 4.69) is 20.8 Å². The summed E-state index contributed by atoms with van der Waals surface area (Å²) >= 11 is 9.71. The van der Waals surface area contributed by atoms with E-state index in [0.29, 0.717) is 11.6 Å². The lowest BCUT2D eigenvalue weighted by Crippen LogP contribution is -2.34. The smallest absolute Gasteiger partial charge is 0.238 e. The Kier molecular flexibility index (Phi) is 5.58. The van der Waals surface area contributed by atoms with Crippen LogP contribution in [0, 0.1) is 0 Å². The van der Waals surface area contributed by atoms with Gasteiger partial charge in [0.15, 0.2) is 0 Å². The van der Waals surface area contributed by atoms with Crippen LogP contribution >= 0.6 is 27.5 Å². The Balaban J connectivity index is 1.74. The zero-order chi connectivity index (χ0) is 18.0. The Morgan fingerprint density at radius 1 is 1.24 bits per heavy atom. The van der Waals surface area contributed by atoms with Gasteiger partial charge in [-0.15, -0.1) is 0 Å². The van der Waals surface area contributed by atoms with Crippen molar-refractivity contribution in [3.63, 3.8) is 0 Å². The number of rotatable bonds is 5. The molecule has 1 fully saturated rings. The maximum Gasteiger partial charge on any atom is 0.238 e. The molecule has 0 spiro atoms. The highest BCUT2D eigenvalue weighted by Crippen LogP contribution is 2.33. The number of hydrogen-bond acceptors (Lipinski definition) is 4. The molecule has 2 aromatic carbocycles. The van der Waals surface area contributed by atoms with Crippen LogP contribution in [0.5, 0.6) is 5.75 Å². The second-order valence-corrected chi connectivity index (χ2v) is 8.80. The molecule has 25 heavy (non-hydrogen) atoms. The van der Waals surface area contributed by atoms with Gasteiger partial charge in [0, 0.05) is 11.0 Å². The summed E-state index contributed by atoms with van der Waals surface area (Å²) < 4.78 is 29.8.